The molecule has 0 atom stereocenters. The van der Waals surface area contributed by atoms with E-state index in [9.17, 15) is 14.7 Å². The number of nitrogens with zero attached hydrogens (tertiary/aromatic N) is 2. The number of aryl methyl sites for hydroxylation is 3. The quantitative estimate of drug-likeness (QED) is 0.591. The van der Waals surface area contributed by atoms with E-state index in [1.165, 1.54) is 10.1 Å². The lowest BCUT2D eigenvalue weighted by Crippen LogP contribution is -2.35. The average molecular weight is 440 g/mol. The number of benzene rings is 2. The normalized spacial score (nSPS) is 10.9. The molecule has 0 saturated carbocycles. The third kappa shape index (κ3) is 5.40. The number of aromatic nitrogens is 2. The van der Waals surface area contributed by atoms with E-state index in [0.717, 1.165) is 11.1 Å². The van der Waals surface area contributed by atoms with E-state index in [-0.39, 0.29) is 31.0 Å². The summed E-state index contributed by atoms with van der Waals surface area (Å²) in [6, 6.07) is 13.0. The molecule has 2 aromatic carbocycles. The molecule has 1 heterocycles. The van der Waals surface area contributed by atoms with Crippen LogP contribution in [-0.2, 0) is 24.3 Å². The first-order chi connectivity index (χ1) is 14.8. The summed E-state index contributed by atoms with van der Waals surface area (Å²) in [6.45, 7) is 5.80. The Morgan fingerprint density at radius 2 is 1.90 bits per heavy atom. The Morgan fingerprint density at radius 3 is 2.58 bits per heavy atom. The van der Waals surface area contributed by atoms with E-state index in [4.69, 9.17) is 11.6 Å². The van der Waals surface area contributed by atoms with Crippen LogP contribution in [-0.4, -0.2) is 27.2 Å². The summed E-state index contributed by atoms with van der Waals surface area (Å²) in [4.78, 5) is 30.4. The van der Waals surface area contributed by atoms with Gasteiger partial charge in [-0.3, -0.25) is 14.2 Å². The van der Waals surface area contributed by atoms with Crippen molar-refractivity contribution in [1.29, 1.82) is 0 Å². The Morgan fingerprint density at radius 1 is 1.13 bits per heavy atom. The molecule has 3 rings (SSSR count). The first kappa shape index (κ1) is 22.7. The molecular weight excluding hydrogens is 414 g/mol. The summed E-state index contributed by atoms with van der Waals surface area (Å²) in [7, 11) is 0. The number of halogens is 1. The molecule has 0 aliphatic heterocycles. The van der Waals surface area contributed by atoms with Crippen molar-refractivity contribution in [3.8, 4) is 11.4 Å². The number of aliphatic hydroxyl groups is 1. The second-order valence-electron chi connectivity index (χ2n) is 7.57. The summed E-state index contributed by atoms with van der Waals surface area (Å²) in [5, 5.41) is 12.7. The van der Waals surface area contributed by atoms with E-state index >= 15 is 0 Å². The van der Waals surface area contributed by atoms with Crippen molar-refractivity contribution in [2.75, 3.05) is 6.61 Å². The number of carbonyl (C=O) groups is 1. The van der Waals surface area contributed by atoms with Crippen LogP contribution >= 0.6 is 11.6 Å². The van der Waals surface area contributed by atoms with E-state index in [1.807, 2.05) is 32.0 Å². The fraction of sp³-hybridized carbons (Fsp3) is 0.292. The Bertz CT molecular complexity index is 1170. The lowest BCUT2D eigenvalue weighted by molar-refractivity contribution is -0.121. The third-order valence-electron chi connectivity index (χ3n) is 5.28. The van der Waals surface area contributed by atoms with E-state index in [1.54, 1.807) is 31.2 Å². The van der Waals surface area contributed by atoms with Gasteiger partial charge in [-0.05, 0) is 49.6 Å². The Kier molecular flexibility index (Phi) is 7.25. The maximum atomic E-state index is 13.1. The molecule has 31 heavy (non-hydrogen) atoms. The second-order valence-corrected chi connectivity index (χ2v) is 8.01. The van der Waals surface area contributed by atoms with Gasteiger partial charge in [-0.2, -0.15) is 0 Å². The number of amides is 1. The number of rotatable bonds is 7. The van der Waals surface area contributed by atoms with E-state index < -0.39 is 0 Å². The Balaban J connectivity index is 1.92. The molecule has 0 aliphatic rings. The van der Waals surface area contributed by atoms with Crippen LogP contribution in [0.15, 0.2) is 47.3 Å². The predicted molar refractivity (Wildman–Crippen MR) is 122 cm³/mol. The maximum Gasteiger partial charge on any atom is 0.257 e. The molecule has 0 unspecified atom stereocenters. The minimum atomic E-state index is -0.335. The summed E-state index contributed by atoms with van der Waals surface area (Å²) < 4.78 is 1.35. The van der Waals surface area contributed by atoms with Crippen LogP contribution in [0.25, 0.3) is 11.4 Å². The predicted octanol–water partition coefficient (Wildman–Crippen LogP) is 3.34. The molecular formula is C24H26ClN3O3. The van der Waals surface area contributed by atoms with E-state index in [2.05, 4.69) is 10.3 Å². The molecule has 162 valence electrons. The number of nitrogens with one attached hydrogen (secondary N) is 1. The van der Waals surface area contributed by atoms with Gasteiger partial charge in [0, 0.05) is 41.4 Å². The minimum Gasteiger partial charge on any atom is -0.396 e. The monoisotopic (exact) mass is 439 g/mol. The van der Waals surface area contributed by atoms with Gasteiger partial charge < -0.3 is 10.4 Å². The largest absolute Gasteiger partial charge is 0.396 e. The first-order valence-corrected chi connectivity index (χ1v) is 10.5. The number of aliphatic hydroxyl groups excluding tert-OH is 1. The smallest absolute Gasteiger partial charge is 0.257 e. The Hall–Kier alpha value is -2.96. The molecule has 1 amide bonds. The highest BCUT2D eigenvalue weighted by Gasteiger charge is 2.18. The summed E-state index contributed by atoms with van der Waals surface area (Å²) in [6.07, 6.45) is 0.178. The molecule has 6 nitrogen and oxygen atoms in total. The fourth-order valence-electron chi connectivity index (χ4n) is 3.41. The zero-order chi connectivity index (χ0) is 22.5. The van der Waals surface area contributed by atoms with Crippen LogP contribution in [0.2, 0.25) is 5.02 Å². The molecule has 2 N–H and O–H groups in total. The second kappa shape index (κ2) is 9.90. The van der Waals surface area contributed by atoms with Gasteiger partial charge in [0.1, 0.15) is 12.4 Å². The third-order valence-corrected chi connectivity index (χ3v) is 5.51. The van der Waals surface area contributed by atoms with Crippen LogP contribution in [0.5, 0.6) is 0 Å². The van der Waals surface area contributed by atoms with Gasteiger partial charge in [0.15, 0.2) is 0 Å². The first-order valence-electron chi connectivity index (χ1n) is 10.1. The van der Waals surface area contributed by atoms with Crippen molar-refractivity contribution in [1.82, 2.24) is 14.9 Å². The standard InChI is InChI=1S/C24H26ClN3O3/c1-15-7-8-18(11-16(15)2)13-26-22(30)14-28-23(19-5-4-6-20(25)12-19)27-17(3)21(9-10-29)24(28)31/h4-8,11-12,29H,9-10,13-14H2,1-3H3,(H,26,30). The number of hydrogen-bond donors (Lipinski definition) is 2. The van der Waals surface area contributed by atoms with Gasteiger partial charge >= 0.3 is 0 Å². The van der Waals surface area contributed by atoms with Crippen molar-refractivity contribution < 1.29 is 9.90 Å². The van der Waals surface area contributed by atoms with Gasteiger partial charge in [0.05, 0.1) is 0 Å². The highest BCUT2D eigenvalue weighted by Crippen LogP contribution is 2.21. The van der Waals surface area contributed by atoms with Gasteiger partial charge in [-0.15, -0.1) is 0 Å². The lowest BCUT2D eigenvalue weighted by atomic mass is 10.1. The molecule has 1 aromatic heterocycles. The van der Waals surface area contributed by atoms with Crippen molar-refractivity contribution in [3.05, 3.63) is 85.8 Å². The molecule has 0 saturated heterocycles. The lowest BCUT2D eigenvalue weighted by Gasteiger charge is -2.16. The number of carbonyl (C=O) groups excluding carboxylic acids is 1. The average Bonchev–Trinajstić information content (AvgIpc) is 2.74. The molecule has 7 heteroatoms. The SMILES string of the molecule is Cc1ccc(CNC(=O)Cn2c(-c3cccc(Cl)c3)nc(C)c(CCO)c2=O)cc1C. The summed E-state index contributed by atoms with van der Waals surface area (Å²) in [5.41, 5.74) is 4.57. The van der Waals surface area contributed by atoms with Crippen molar-refractivity contribution in [2.24, 2.45) is 0 Å². The van der Waals surface area contributed by atoms with Gasteiger partial charge in [-0.25, -0.2) is 4.98 Å². The molecule has 0 radical (unpaired) electrons. The van der Waals surface area contributed by atoms with Crippen molar-refractivity contribution in [3.63, 3.8) is 0 Å². The highest BCUT2D eigenvalue weighted by atomic mass is 35.5. The van der Waals surface area contributed by atoms with Gasteiger partial charge in [0.2, 0.25) is 5.91 Å². The van der Waals surface area contributed by atoms with Gasteiger partial charge in [-0.1, -0.05) is 41.9 Å². The molecule has 0 bridgehead atoms. The zero-order valence-corrected chi connectivity index (χ0v) is 18.7. The molecule has 3 aromatic rings. The van der Waals surface area contributed by atoms with Crippen LogP contribution in [0.4, 0.5) is 0 Å². The van der Waals surface area contributed by atoms with Crippen molar-refractivity contribution in [2.45, 2.75) is 40.3 Å². The van der Waals surface area contributed by atoms with Crippen molar-refractivity contribution >= 4 is 17.5 Å². The van der Waals surface area contributed by atoms with Crippen LogP contribution in [0, 0.1) is 20.8 Å². The van der Waals surface area contributed by atoms with Crippen LogP contribution in [0.1, 0.15) is 27.9 Å². The highest BCUT2D eigenvalue weighted by molar-refractivity contribution is 6.30. The minimum absolute atomic E-state index is 0.173. The fourth-order valence-corrected chi connectivity index (χ4v) is 3.60. The molecule has 0 spiro atoms. The van der Waals surface area contributed by atoms with Gasteiger partial charge in [0.25, 0.3) is 5.56 Å². The summed E-state index contributed by atoms with van der Waals surface area (Å²) >= 11 is 6.13. The number of hydrogen-bond acceptors (Lipinski definition) is 4. The maximum absolute atomic E-state index is 13.1. The van der Waals surface area contributed by atoms with E-state index in [0.29, 0.717) is 34.2 Å². The summed E-state index contributed by atoms with van der Waals surface area (Å²) in [5.74, 6) is 0.0669. The van der Waals surface area contributed by atoms with Crippen LogP contribution in [0.3, 0.4) is 0 Å². The molecule has 0 fully saturated rings. The topological polar surface area (TPSA) is 84.2 Å². The zero-order valence-electron chi connectivity index (χ0n) is 17.9. The van der Waals surface area contributed by atoms with Crippen LogP contribution < -0.4 is 10.9 Å². The Labute approximate surface area is 186 Å². The molecule has 0 aliphatic carbocycles.